The van der Waals surface area contributed by atoms with Crippen LogP contribution < -0.4 is 10.6 Å². The summed E-state index contributed by atoms with van der Waals surface area (Å²) in [6, 6.07) is 13.4. The first kappa shape index (κ1) is 21.0. The summed E-state index contributed by atoms with van der Waals surface area (Å²) in [6.45, 7) is 5.15. The van der Waals surface area contributed by atoms with Crippen molar-refractivity contribution in [1.29, 1.82) is 0 Å². The molecule has 1 aromatic heterocycles. The summed E-state index contributed by atoms with van der Waals surface area (Å²) in [7, 11) is 0. The van der Waals surface area contributed by atoms with Gasteiger partial charge in [-0.25, -0.2) is 4.98 Å². The Morgan fingerprint density at radius 2 is 1.69 bits per heavy atom. The molecule has 3 aromatic rings. The lowest BCUT2D eigenvalue weighted by atomic mass is 9.97. The number of pyridine rings is 1. The predicted octanol–water partition coefficient (Wildman–Crippen LogP) is 3.45. The van der Waals surface area contributed by atoms with E-state index >= 15 is 0 Å². The van der Waals surface area contributed by atoms with Gasteiger partial charge in [0.05, 0.1) is 37.6 Å². The molecule has 0 unspecified atom stereocenters. The van der Waals surface area contributed by atoms with Gasteiger partial charge in [0.2, 0.25) is 0 Å². The van der Waals surface area contributed by atoms with Crippen LogP contribution in [0.2, 0.25) is 5.02 Å². The molecule has 32 heavy (non-hydrogen) atoms. The van der Waals surface area contributed by atoms with Crippen LogP contribution in [0.3, 0.4) is 0 Å². The third-order valence-electron chi connectivity index (χ3n) is 6.01. The maximum atomic E-state index is 13.3. The van der Waals surface area contributed by atoms with E-state index < -0.39 is 0 Å². The molecule has 2 aromatic carbocycles. The van der Waals surface area contributed by atoms with Crippen LogP contribution in [0.15, 0.2) is 42.5 Å². The van der Waals surface area contributed by atoms with E-state index in [-0.39, 0.29) is 5.91 Å². The molecule has 0 atom stereocenters. The average molecular weight is 453 g/mol. The number of halogens is 1. The molecule has 3 heterocycles. The molecule has 0 radical (unpaired) electrons. The van der Waals surface area contributed by atoms with Gasteiger partial charge in [-0.05, 0) is 35.9 Å². The van der Waals surface area contributed by atoms with Gasteiger partial charge in [-0.2, -0.15) is 0 Å². The van der Waals surface area contributed by atoms with Crippen LogP contribution in [0.4, 0.5) is 11.5 Å². The number of hydrogen-bond donors (Lipinski definition) is 1. The molecule has 5 rings (SSSR count). The van der Waals surface area contributed by atoms with Crippen LogP contribution in [0.5, 0.6) is 0 Å². The predicted molar refractivity (Wildman–Crippen MR) is 126 cm³/mol. The van der Waals surface area contributed by atoms with Crippen molar-refractivity contribution in [3.05, 3.63) is 53.1 Å². The Kier molecular flexibility index (Phi) is 5.87. The van der Waals surface area contributed by atoms with Crippen LogP contribution in [-0.4, -0.2) is 68.4 Å². The Morgan fingerprint density at radius 3 is 2.44 bits per heavy atom. The van der Waals surface area contributed by atoms with Gasteiger partial charge < -0.3 is 25.0 Å². The SMILES string of the molecule is Nc1nc2ccc(-c3c(Cl)cccc3C(=O)N3CCOCC3)cc2cc1N1CCOCC1. The summed E-state index contributed by atoms with van der Waals surface area (Å²) in [6.07, 6.45) is 0. The standard InChI is InChI=1S/C24H25ClN4O3/c25-19-3-1-2-18(24(30)29-8-12-32-13-9-29)22(19)16-4-5-20-17(14-16)15-21(23(26)27-20)28-6-10-31-11-7-28/h1-5,14-15H,6-13H2,(H2,26,27). The van der Waals surface area contributed by atoms with Crippen molar-refractivity contribution in [3.63, 3.8) is 0 Å². The van der Waals surface area contributed by atoms with E-state index in [2.05, 4.69) is 16.0 Å². The monoisotopic (exact) mass is 452 g/mol. The van der Waals surface area contributed by atoms with Crippen LogP contribution in [0, 0.1) is 0 Å². The topological polar surface area (TPSA) is 80.9 Å². The quantitative estimate of drug-likeness (QED) is 0.655. The van der Waals surface area contributed by atoms with Gasteiger partial charge in [0.25, 0.3) is 5.91 Å². The van der Waals surface area contributed by atoms with E-state index in [1.54, 1.807) is 0 Å². The highest BCUT2D eigenvalue weighted by molar-refractivity contribution is 6.34. The first-order chi connectivity index (χ1) is 15.6. The number of nitrogens with zero attached hydrogens (tertiary/aromatic N) is 3. The zero-order chi connectivity index (χ0) is 22.1. The fourth-order valence-corrected chi connectivity index (χ4v) is 4.61. The Hall–Kier alpha value is -2.87. The Morgan fingerprint density at radius 1 is 0.969 bits per heavy atom. The number of carbonyl (C=O) groups is 1. The van der Waals surface area contributed by atoms with Crippen molar-refractivity contribution in [2.24, 2.45) is 0 Å². The molecule has 7 nitrogen and oxygen atoms in total. The van der Waals surface area contributed by atoms with E-state index in [1.165, 1.54) is 0 Å². The van der Waals surface area contributed by atoms with Crippen molar-refractivity contribution < 1.29 is 14.3 Å². The van der Waals surface area contributed by atoms with Crippen molar-refractivity contribution in [1.82, 2.24) is 9.88 Å². The zero-order valence-corrected chi connectivity index (χ0v) is 18.5. The average Bonchev–Trinajstić information content (AvgIpc) is 2.84. The maximum absolute atomic E-state index is 13.3. The van der Waals surface area contributed by atoms with Crippen LogP contribution >= 0.6 is 11.6 Å². The largest absolute Gasteiger partial charge is 0.382 e. The summed E-state index contributed by atoms with van der Waals surface area (Å²) in [5, 5.41) is 1.49. The van der Waals surface area contributed by atoms with Gasteiger partial charge >= 0.3 is 0 Å². The van der Waals surface area contributed by atoms with Gasteiger partial charge in [0, 0.05) is 47.7 Å². The summed E-state index contributed by atoms with van der Waals surface area (Å²) < 4.78 is 10.9. The molecule has 8 heteroatoms. The second kappa shape index (κ2) is 8.94. The fraction of sp³-hybridized carbons (Fsp3) is 0.333. The molecule has 2 fully saturated rings. The zero-order valence-electron chi connectivity index (χ0n) is 17.7. The number of rotatable bonds is 3. The van der Waals surface area contributed by atoms with E-state index in [9.17, 15) is 4.79 Å². The van der Waals surface area contributed by atoms with Crippen molar-refractivity contribution in [2.45, 2.75) is 0 Å². The minimum absolute atomic E-state index is 0.0321. The summed E-state index contributed by atoms with van der Waals surface area (Å²) in [5.41, 5.74) is 10.2. The number of hydrogen-bond acceptors (Lipinski definition) is 6. The molecule has 0 saturated carbocycles. The number of morpholine rings is 2. The summed E-state index contributed by atoms with van der Waals surface area (Å²) in [5.74, 6) is 0.475. The number of carbonyl (C=O) groups excluding carboxylic acids is 1. The Balaban J connectivity index is 1.57. The van der Waals surface area contributed by atoms with Gasteiger partial charge in [-0.1, -0.05) is 23.7 Å². The lowest BCUT2D eigenvalue weighted by Gasteiger charge is -2.29. The highest BCUT2D eigenvalue weighted by Crippen LogP contribution is 2.35. The van der Waals surface area contributed by atoms with Crippen molar-refractivity contribution in [2.75, 3.05) is 63.2 Å². The normalized spacial score (nSPS) is 17.0. The number of nitrogens with two attached hydrogens (primary N) is 1. The van der Waals surface area contributed by atoms with Crippen LogP contribution in [-0.2, 0) is 9.47 Å². The van der Waals surface area contributed by atoms with Gasteiger partial charge in [-0.15, -0.1) is 0 Å². The van der Waals surface area contributed by atoms with Gasteiger partial charge in [0.15, 0.2) is 0 Å². The summed E-state index contributed by atoms with van der Waals surface area (Å²) in [4.78, 5) is 21.9. The molecular formula is C24H25ClN4O3. The number of aromatic nitrogens is 1. The minimum atomic E-state index is -0.0321. The Labute approximate surface area is 191 Å². The van der Waals surface area contributed by atoms with Gasteiger partial charge in [0.1, 0.15) is 5.82 Å². The number of fused-ring (bicyclic) bond motifs is 1. The molecule has 2 N–H and O–H groups in total. The van der Waals surface area contributed by atoms with Gasteiger partial charge in [-0.3, -0.25) is 4.79 Å². The first-order valence-corrected chi connectivity index (χ1v) is 11.2. The maximum Gasteiger partial charge on any atom is 0.254 e. The molecule has 1 amide bonds. The molecule has 0 bridgehead atoms. The lowest BCUT2D eigenvalue weighted by molar-refractivity contribution is 0.0303. The van der Waals surface area contributed by atoms with Crippen LogP contribution in [0.25, 0.3) is 22.0 Å². The van der Waals surface area contributed by atoms with E-state index in [1.807, 2.05) is 41.3 Å². The third-order valence-corrected chi connectivity index (χ3v) is 6.32. The van der Waals surface area contributed by atoms with Crippen molar-refractivity contribution >= 4 is 39.9 Å². The highest BCUT2D eigenvalue weighted by atomic mass is 35.5. The Bertz CT molecular complexity index is 1160. The van der Waals surface area contributed by atoms with E-state index in [4.69, 9.17) is 26.8 Å². The molecule has 2 aliphatic heterocycles. The number of ether oxygens (including phenoxy) is 2. The van der Waals surface area contributed by atoms with E-state index in [0.29, 0.717) is 55.9 Å². The van der Waals surface area contributed by atoms with E-state index in [0.717, 1.165) is 40.8 Å². The van der Waals surface area contributed by atoms with Crippen LogP contribution in [0.1, 0.15) is 10.4 Å². The third kappa shape index (κ3) is 3.99. The molecule has 166 valence electrons. The second-order valence-electron chi connectivity index (χ2n) is 7.97. The minimum Gasteiger partial charge on any atom is -0.382 e. The lowest BCUT2D eigenvalue weighted by Crippen LogP contribution is -2.40. The molecule has 0 spiro atoms. The second-order valence-corrected chi connectivity index (χ2v) is 8.37. The summed E-state index contributed by atoms with van der Waals surface area (Å²) >= 11 is 6.62. The number of nitrogen functional groups attached to an aromatic ring is 1. The fourth-order valence-electron chi connectivity index (χ4n) is 4.33. The van der Waals surface area contributed by atoms with Crippen molar-refractivity contribution in [3.8, 4) is 11.1 Å². The number of benzene rings is 2. The molecule has 2 aliphatic rings. The number of amides is 1. The number of anilines is 2. The highest BCUT2D eigenvalue weighted by Gasteiger charge is 2.23. The molecular weight excluding hydrogens is 428 g/mol. The molecule has 0 aliphatic carbocycles. The first-order valence-electron chi connectivity index (χ1n) is 10.8. The molecule has 2 saturated heterocycles. The smallest absolute Gasteiger partial charge is 0.254 e.